The van der Waals surface area contributed by atoms with Gasteiger partial charge in [-0.1, -0.05) is 0 Å². The van der Waals surface area contributed by atoms with Gasteiger partial charge in [0.2, 0.25) is 0 Å². The average Bonchev–Trinajstić information content (AvgIpc) is 3.61. The lowest BCUT2D eigenvalue weighted by Gasteiger charge is -2.31. The summed E-state index contributed by atoms with van der Waals surface area (Å²) in [5, 5.41) is 50.6. The number of aromatic carboxylic acids is 1. The van der Waals surface area contributed by atoms with Crippen LogP contribution in [0.5, 0.6) is 0 Å². The van der Waals surface area contributed by atoms with Crippen molar-refractivity contribution in [1.82, 2.24) is 19.5 Å². The zero-order valence-electron chi connectivity index (χ0n) is 22.0. The van der Waals surface area contributed by atoms with E-state index in [1.165, 1.54) is 29.2 Å². The molecule has 2 unspecified atom stereocenters. The number of carboxylic acid groups (broad SMARTS) is 1. The lowest BCUT2D eigenvalue weighted by molar-refractivity contribution is -0.765. The van der Waals surface area contributed by atoms with Gasteiger partial charge in [-0.2, -0.15) is 4.57 Å². The Hall–Kier alpha value is -3.01. The fraction of sp³-hybridized carbons (Fsp3) is 0.476. The molecule has 2 saturated heterocycles. The van der Waals surface area contributed by atoms with Gasteiger partial charge in [0.05, 0.1) is 19.5 Å². The number of aromatic nitrogens is 5. The predicted octanol–water partition coefficient (Wildman–Crippen LogP) is -3.68. The van der Waals surface area contributed by atoms with Crippen molar-refractivity contribution in [3.8, 4) is 0 Å². The smallest absolute Gasteiger partial charge is 0.341 e. The molecule has 2 aliphatic rings. The summed E-state index contributed by atoms with van der Waals surface area (Å²) in [4.78, 5) is 47.5. The number of rotatable bonds is 11. The normalized spacial score (nSPS) is 31.6. The fourth-order valence-electron chi connectivity index (χ4n) is 4.54. The Morgan fingerprint density at radius 2 is 1.64 bits per heavy atom. The second-order valence-corrected chi connectivity index (χ2v) is 12.5. The number of hydrogen-bond donors (Lipinski definition) is 6. The molecule has 3 aromatic rings. The second-order valence-electron chi connectivity index (χ2n) is 9.59. The molecule has 0 amide bonds. The predicted molar refractivity (Wildman–Crippen MR) is 133 cm³/mol. The lowest BCUT2D eigenvalue weighted by atomic mass is 10.1. The molecule has 21 nitrogen and oxygen atoms in total. The molecule has 7 N–H and O–H groups in total. The third kappa shape index (κ3) is 6.65. The maximum atomic E-state index is 12.3. The molecule has 0 saturated carbocycles. The highest BCUT2D eigenvalue weighted by atomic mass is 31.3. The minimum absolute atomic E-state index is 0.0322. The number of hydrogen-bond acceptors (Lipinski definition) is 18. The number of carbonyl (C=O) groups is 1. The van der Waals surface area contributed by atoms with Gasteiger partial charge in [0.15, 0.2) is 36.2 Å². The third-order valence-corrected chi connectivity index (χ3v) is 9.22. The van der Waals surface area contributed by atoms with Crippen LogP contribution in [-0.4, -0.2) is 101 Å². The van der Waals surface area contributed by atoms with E-state index in [0.717, 1.165) is 17.1 Å². The molecule has 10 atom stereocenters. The molecule has 5 heterocycles. The first-order chi connectivity index (χ1) is 20.7. The monoisotopic (exact) mass is 663 g/mol. The van der Waals surface area contributed by atoms with E-state index in [0.29, 0.717) is 0 Å². The number of anilines is 1. The zero-order chi connectivity index (χ0) is 32.0. The number of aliphatic hydroxyl groups is 4. The highest BCUT2D eigenvalue weighted by Gasteiger charge is 2.49. The topological polar surface area (TPSA) is 318 Å². The van der Waals surface area contributed by atoms with Crippen LogP contribution < -0.4 is 20.1 Å². The minimum atomic E-state index is -5.70. The molecule has 2 fully saturated rings. The summed E-state index contributed by atoms with van der Waals surface area (Å²) in [6, 6.07) is 2.60. The number of imidazole rings is 1. The van der Waals surface area contributed by atoms with Crippen LogP contribution in [0.4, 0.5) is 5.82 Å². The molecule has 0 aliphatic carbocycles. The Bertz CT molecular complexity index is 1630. The van der Waals surface area contributed by atoms with Crippen molar-refractivity contribution in [2.75, 3.05) is 18.9 Å². The Balaban J connectivity index is 1.16. The highest BCUT2D eigenvalue weighted by molar-refractivity contribution is 7.59. The second kappa shape index (κ2) is 12.4. The Labute approximate surface area is 245 Å². The number of fused-ring (bicyclic) bond motifs is 1. The van der Waals surface area contributed by atoms with E-state index >= 15 is 0 Å². The van der Waals surface area contributed by atoms with E-state index < -0.39 is 83.9 Å². The van der Waals surface area contributed by atoms with Crippen LogP contribution in [0.1, 0.15) is 22.8 Å². The van der Waals surface area contributed by atoms with Crippen LogP contribution >= 0.6 is 15.6 Å². The summed E-state index contributed by atoms with van der Waals surface area (Å²) >= 11 is 0. The first-order valence-corrected chi connectivity index (χ1v) is 15.4. The van der Waals surface area contributed by atoms with Crippen molar-refractivity contribution in [3.63, 3.8) is 0 Å². The van der Waals surface area contributed by atoms with E-state index in [4.69, 9.17) is 20.3 Å². The molecule has 2 aliphatic heterocycles. The van der Waals surface area contributed by atoms with Crippen molar-refractivity contribution < 1.29 is 76.6 Å². The first kappa shape index (κ1) is 32.4. The molecule has 23 heteroatoms. The number of pyridine rings is 1. The van der Waals surface area contributed by atoms with Gasteiger partial charge in [-0.05, 0) is 6.07 Å². The number of nitrogens with zero attached hydrogens (tertiary/aromatic N) is 5. The molecular weight excluding hydrogens is 638 g/mol. The summed E-state index contributed by atoms with van der Waals surface area (Å²) in [6.07, 6.45) is -7.64. The van der Waals surface area contributed by atoms with Crippen LogP contribution in [0.25, 0.3) is 11.2 Å². The highest BCUT2D eigenvalue weighted by Crippen LogP contribution is 2.56. The summed E-state index contributed by atoms with van der Waals surface area (Å²) in [5.74, 6) is -1.25. The SMILES string of the molecule is Nc1ncnc2c1ncn2[C@@H]1O[C@H](COP(=O)([O-])OP(=O)([O-])OC[C@H]2O[C@@H]([n+]3cccc(C(=O)O)c3)[C@H](O)[C@@H]2O)[C@@H](O)[C@H]1O. The summed E-state index contributed by atoms with van der Waals surface area (Å²) in [5.41, 5.74) is 5.87. The number of aliphatic hydroxyl groups excluding tert-OH is 4. The van der Waals surface area contributed by atoms with Crippen LogP contribution in [0, 0.1) is 0 Å². The Morgan fingerprint density at radius 3 is 2.30 bits per heavy atom. The van der Waals surface area contributed by atoms with Crippen LogP contribution in [-0.2, 0) is 32.0 Å². The van der Waals surface area contributed by atoms with Gasteiger partial charge in [0.25, 0.3) is 21.9 Å². The molecule has 0 aromatic carbocycles. The molecule has 3 aromatic heterocycles. The van der Waals surface area contributed by atoms with E-state index in [1.54, 1.807) is 0 Å². The quantitative estimate of drug-likeness (QED) is 0.0849. The van der Waals surface area contributed by atoms with Gasteiger partial charge in [-0.15, -0.1) is 0 Å². The standard InChI is InChI=1S/C21H26N6O15P2/c22-17-12-18(24-7-23-17)27(8-25-12)20-16(31)14(29)11(41-20)6-39-44(36,37)42-43(34,35)38-5-10-13(28)15(30)19(40-10)26-3-1-2-9(4-26)21(32)33/h1-4,7-8,10-11,13-16,19-20,28-31H,5-6H2,(H4-,22,23,24,32,33,34,35,36,37)/p-1/t10-,11-,13-,14-,15-,16-,19-,20-/m1/s1. The van der Waals surface area contributed by atoms with Gasteiger partial charge in [0.1, 0.15) is 47.9 Å². The van der Waals surface area contributed by atoms with Gasteiger partial charge < -0.3 is 59.6 Å². The Morgan fingerprint density at radius 1 is 1.00 bits per heavy atom. The fourth-order valence-corrected chi connectivity index (χ4v) is 6.56. The van der Waals surface area contributed by atoms with Crippen LogP contribution in [0.2, 0.25) is 0 Å². The largest absolute Gasteiger partial charge is 0.756 e. The number of ether oxygens (including phenoxy) is 2. The van der Waals surface area contributed by atoms with Crippen molar-refractivity contribution in [2.24, 2.45) is 0 Å². The summed E-state index contributed by atoms with van der Waals surface area (Å²) < 4.78 is 50.9. The number of phosphoric ester groups is 2. The van der Waals surface area contributed by atoms with Gasteiger partial charge >= 0.3 is 5.97 Å². The average molecular weight is 663 g/mol. The summed E-state index contributed by atoms with van der Waals surface area (Å²) in [7, 11) is -11.4. The number of phosphoric acid groups is 2. The van der Waals surface area contributed by atoms with Crippen molar-refractivity contribution in [2.45, 2.75) is 49.1 Å². The molecule has 44 heavy (non-hydrogen) atoms. The van der Waals surface area contributed by atoms with Gasteiger partial charge in [-0.3, -0.25) is 13.7 Å². The summed E-state index contributed by atoms with van der Waals surface area (Å²) in [6.45, 7) is -2.01. The number of nitrogens with two attached hydrogens (primary N) is 1. The minimum Gasteiger partial charge on any atom is -0.756 e. The third-order valence-electron chi connectivity index (χ3n) is 6.69. The zero-order valence-corrected chi connectivity index (χ0v) is 23.8. The van der Waals surface area contributed by atoms with Crippen LogP contribution in [0.15, 0.2) is 37.2 Å². The molecule has 0 bridgehead atoms. The van der Waals surface area contributed by atoms with E-state index in [1.807, 2.05) is 0 Å². The van der Waals surface area contributed by atoms with E-state index in [-0.39, 0.29) is 22.5 Å². The molecule has 0 spiro atoms. The number of nitrogen functional groups attached to an aromatic ring is 1. The van der Waals surface area contributed by atoms with Gasteiger partial charge in [-0.25, -0.2) is 24.1 Å². The molecule has 0 radical (unpaired) electrons. The molecule has 240 valence electrons. The van der Waals surface area contributed by atoms with E-state index in [9.17, 15) is 44.1 Å². The Kier molecular flexibility index (Phi) is 9.13. The molecule has 5 rings (SSSR count). The maximum absolute atomic E-state index is 12.3. The van der Waals surface area contributed by atoms with Crippen molar-refractivity contribution in [1.29, 1.82) is 0 Å². The maximum Gasteiger partial charge on any atom is 0.341 e. The number of carboxylic acids is 1. The van der Waals surface area contributed by atoms with Crippen molar-refractivity contribution in [3.05, 3.63) is 42.7 Å². The van der Waals surface area contributed by atoms with Crippen LogP contribution in [0.3, 0.4) is 0 Å². The lowest BCUT2D eigenvalue weighted by Crippen LogP contribution is -2.46. The first-order valence-electron chi connectivity index (χ1n) is 12.5. The molecular formula is C21H25N6O15P2-. The van der Waals surface area contributed by atoms with Gasteiger partial charge in [0, 0.05) is 6.07 Å². The van der Waals surface area contributed by atoms with E-state index in [2.05, 4.69) is 28.3 Å². The van der Waals surface area contributed by atoms with Crippen molar-refractivity contribution >= 4 is 38.6 Å².